The van der Waals surface area contributed by atoms with Gasteiger partial charge in [-0.05, 0) is 30.2 Å². The molecule has 146 valence electrons. The van der Waals surface area contributed by atoms with E-state index in [1.807, 2.05) is 50.2 Å². The summed E-state index contributed by atoms with van der Waals surface area (Å²) in [5, 5.41) is 20.3. The van der Waals surface area contributed by atoms with Crippen LogP contribution in [0.15, 0.2) is 59.9 Å². The molecule has 1 unspecified atom stereocenters. The van der Waals surface area contributed by atoms with E-state index in [0.717, 1.165) is 22.0 Å². The number of pyridine rings is 2. The third-order valence-electron chi connectivity index (χ3n) is 4.67. The molecule has 3 rings (SSSR count). The summed E-state index contributed by atoms with van der Waals surface area (Å²) in [4.78, 5) is 13.3. The van der Waals surface area contributed by atoms with Crippen molar-refractivity contribution in [3.63, 3.8) is 0 Å². The van der Waals surface area contributed by atoms with Crippen molar-refractivity contribution >= 4 is 22.7 Å². The van der Waals surface area contributed by atoms with Gasteiger partial charge >= 0.3 is 0 Å². The number of nitrogens with two attached hydrogens (primary N) is 1. The van der Waals surface area contributed by atoms with Gasteiger partial charge in [-0.25, -0.2) is 4.98 Å². The molecule has 0 spiro atoms. The number of fused-ring (bicyclic) bond motifs is 1. The topological polar surface area (TPSA) is 108 Å². The van der Waals surface area contributed by atoms with Gasteiger partial charge in [0, 0.05) is 40.7 Å². The van der Waals surface area contributed by atoms with Crippen molar-refractivity contribution in [2.24, 2.45) is 16.6 Å². The standard InChI is InChI=1S/C23H23N5O/c1-15(2)22(29)14-26-13-18(11-24)20-8-7-19(12-25)28-23(20)17-6-5-16-4-3-9-27-21(16)10-17/h3-11,13,15,22,29H,14,24H2,1-2H3/b18-11+,26-13?. The second-order valence-electron chi connectivity index (χ2n) is 7.04. The fraction of sp³-hybridized carbons (Fsp3) is 0.217. The molecule has 0 saturated carbocycles. The molecule has 0 radical (unpaired) electrons. The van der Waals surface area contributed by atoms with Gasteiger partial charge in [-0.2, -0.15) is 5.26 Å². The van der Waals surface area contributed by atoms with Crippen molar-refractivity contribution in [2.45, 2.75) is 20.0 Å². The summed E-state index contributed by atoms with van der Waals surface area (Å²) in [5.41, 5.74) is 9.90. The van der Waals surface area contributed by atoms with Gasteiger partial charge < -0.3 is 10.8 Å². The number of nitriles is 1. The van der Waals surface area contributed by atoms with Crippen LogP contribution in [0.1, 0.15) is 25.1 Å². The highest BCUT2D eigenvalue weighted by Gasteiger charge is 2.13. The summed E-state index contributed by atoms with van der Waals surface area (Å²) in [6.07, 6.45) is 4.31. The van der Waals surface area contributed by atoms with E-state index in [4.69, 9.17) is 5.73 Å². The average molecular weight is 385 g/mol. The van der Waals surface area contributed by atoms with Gasteiger partial charge in [-0.3, -0.25) is 9.98 Å². The number of allylic oxidation sites excluding steroid dienone is 1. The van der Waals surface area contributed by atoms with E-state index in [-0.39, 0.29) is 12.5 Å². The smallest absolute Gasteiger partial charge is 0.141 e. The van der Waals surface area contributed by atoms with Crippen molar-refractivity contribution in [3.8, 4) is 17.3 Å². The third-order valence-corrected chi connectivity index (χ3v) is 4.67. The van der Waals surface area contributed by atoms with E-state index >= 15 is 0 Å². The minimum Gasteiger partial charge on any atom is -0.404 e. The Bertz CT molecular complexity index is 1110. The molecule has 2 heterocycles. The first kappa shape index (κ1) is 20.2. The number of rotatable bonds is 6. The van der Waals surface area contributed by atoms with Crippen LogP contribution in [0.25, 0.3) is 27.7 Å². The zero-order valence-corrected chi connectivity index (χ0v) is 16.4. The maximum absolute atomic E-state index is 9.96. The first-order valence-corrected chi connectivity index (χ1v) is 9.40. The fourth-order valence-corrected chi connectivity index (χ4v) is 2.86. The Morgan fingerprint density at radius 3 is 2.83 bits per heavy atom. The van der Waals surface area contributed by atoms with Crippen molar-refractivity contribution in [1.29, 1.82) is 5.26 Å². The van der Waals surface area contributed by atoms with Gasteiger partial charge in [0.2, 0.25) is 0 Å². The minimum atomic E-state index is -0.518. The molecule has 3 N–H and O–H groups in total. The maximum atomic E-state index is 9.96. The Balaban J connectivity index is 2.04. The summed E-state index contributed by atoms with van der Waals surface area (Å²) in [6.45, 7) is 4.17. The molecule has 1 aromatic carbocycles. The van der Waals surface area contributed by atoms with Crippen LogP contribution in [-0.4, -0.2) is 33.9 Å². The summed E-state index contributed by atoms with van der Waals surface area (Å²) in [5.74, 6) is 0.120. The Kier molecular flexibility index (Phi) is 6.32. The van der Waals surface area contributed by atoms with E-state index in [2.05, 4.69) is 21.0 Å². The van der Waals surface area contributed by atoms with Crippen molar-refractivity contribution in [3.05, 3.63) is 66.1 Å². The summed E-state index contributed by atoms with van der Waals surface area (Å²) in [6, 6.07) is 15.3. The largest absolute Gasteiger partial charge is 0.404 e. The van der Waals surface area contributed by atoms with E-state index < -0.39 is 6.10 Å². The lowest BCUT2D eigenvalue weighted by molar-refractivity contribution is 0.134. The van der Waals surface area contributed by atoms with Crippen LogP contribution >= 0.6 is 0 Å². The van der Waals surface area contributed by atoms with Crippen LogP contribution in [0.4, 0.5) is 0 Å². The monoisotopic (exact) mass is 385 g/mol. The van der Waals surface area contributed by atoms with Crippen LogP contribution in [0, 0.1) is 17.2 Å². The van der Waals surface area contributed by atoms with Gasteiger partial charge in [-0.1, -0.05) is 32.0 Å². The molecule has 2 aromatic heterocycles. The van der Waals surface area contributed by atoms with Crippen LogP contribution in [-0.2, 0) is 0 Å². The highest BCUT2D eigenvalue weighted by molar-refractivity contribution is 6.12. The van der Waals surface area contributed by atoms with Gasteiger partial charge in [0.15, 0.2) is 0 Å². The molecule has 0 aliphatic rings. The molecule has 0 saturated heterocycles. The van der Waals surface area contributed by atoms with E-state index in [1.165, 1.54) is 6.20 Å². The number of aliphatic hydroxyl groups is 1. The SMILES string of the molecule is CC(C)C(O)CN=C/C(=C\N)c1ccc(C#N)nc1-c1ccc2cccnc2c1. The predicted molar refractivity (Wildman–Crippen MR) is 116 cm³/mol. The number of aliphatic imine (C=N–C) groups is 1. The molecule has 6 heteroatoms. The number of aromatic nitrogens is 2. The number of hydrogen-bond donors (Lipinski definition) is 2. The third kappa shape index (κ3) is 4.65. The van der Waals surface area contributed by atoms with Crippen molar-refractivity contribution < 1.29 is 5.11 Å². The molecule has 0 aliphatic carbocycles. The Labute approximate surface area is 170 Å². The molecule has 0 aliphatic heterocycles. The molecular weight excluding hydrogens is 362 g/mol. The molecule has 0 fully saturated rings. The lowest BCUT2D eigenvalue weighted by Crippen LogP contribution is -2.18. The van der Waals surface area contributed by atoms with Gasteiger partial charge in [0.05, 0.1) is 23.9 Å². The number of nitrogens with zero attached hydrogens (tertiary/aromatic N) is 4. The summed E-state index contributed by atoms with van der Waals surface area (Å²) in [7, 11) is 0. The van der Waals surface area contributed by atoms with Crippen LogP contribution in [0.2, 0.25) is 0 Å². The molecule has 3 aromatic rings. The first-order chi connectivity index (χ1) is 14.0. The minimum absolute atomic E-state index is 0.120. The van der Waals surface area contributed by atoms with Crippen LogP contribution in [0.5, 0.6) is 0 Å². The van der Waals surface area contributed by atoms with Crippen molar-refractivity contribution in [1.82, 2.24) is 9.97 Å². The maximum Gasteiger partial charge on any atom is 0.141 e. The lowest BCUT2D eigenvalue weighted by Gasteiger charge is -2.12. The van der Waals surface area contributed by atoms with E-state index in [1.54, 1.807) is 18.5 Å². The predicted octanol–water partition coefficient (Wildman–Crippen LogP) is 3.56. The van der Waals surface area contributed by atoms with Gasteiger partial charge in [0.1, 0.15) is 11.8 Å². The second-order valence-corrected chi connectivity index (χ2v) is 7.04. The quantitative estimate of drug-likeness (QED) is 0.631. The van der Waals surface area contributed by atoms with Crippen molar-refractivity contribution in [2.75, 3.05) is 6.54 Å². The second kappa shape index (κ2) is 9.09. The molecule has 0 amide bonds. The number of benzene rings is 1. The van der Waals surface area contributed by atoms with Crippen LogP contribution in [0.3, 0.4) is 0 Å². The Morgan fingerprint density at radius 1 is 1.28 bits per heavy atom. The van der Waals surface area contributed by atoms with Crippen LogP contribution < -0.4 is 5.73 Å². The molecule has 29 heavy (non-hydrogen) atoms. The Morgan fingerprint density at radius 2 is 2.10 bits per heavy atom. The van der Waals surface area contributed by atoms with Gasteiger partial charge in [0.25, 0.3) is 0 Å². The normalized spacial score (nSPS) is 13.1. The zero-order valence-electron chi connectivity index (χ0n) is 16.4. The fourth-order valence-electron chi connectivity index (χ4n) is 2.86. The lowest BCUT2D eigenvalue weighted by atomic mass is 9.98. The summed E-state index contributed by atoms with van der Waals surface area (Å²) < 4.78 is 0. The zero-order chi connectivity index (χ0) is 20.8. The average Bonchev–Trinajstić information content (AvgIpc) is 2.76. The van der Waals surface area contributed by atoms with Gasteiger partial charge in [-0.15, -0.1) is 0 Å². The number of hydrogen-bond acceptors (Lipinski definition) is 6. The Hall–Kier alpha value is -3.56. The first-order valence-electron chi connectivity index (χ1n) is 9.40. The van der Waals surface area contributed by atoms with E-state index in [9.17, 15) is 10.4 Å². The highest BCUT2D eigenvalue weighted by atomic mass is 16.3. The molecular formula is C23H23N5O. The molecule has 1 atom stereocenters. The number of aliphatic hydroxyl groups excluding tert-OH is 1. The molecule has 6 nitrogen and oxygen atoms in total. The highest BCUT2D eigenvalue weighted by Crippen LogP contribution is 2.29. The molecule has 0 bridgehead atoms. The van der Waals surface area contributed by atoms with E-state index in [0.29, 0.717) is 17.0 Å². The summed E-state index contributed by atoms with van der Waals surface area (Å²) >= 11 is 0.